The van der Waals surface area contributed by atoms with E-state index in [1.54, 1.807) is 48.2 Å². The fraction of sp³-hybridized carbons (Fsp3) is 0.227. The first-order chi connectivity index (χ1) is 14.9. The monoisotopic (exact) mass is 444 g/mol. The molecule has 0 saturated carbocycles. The minimum atomic E-state index is -1.09. The number of carbonyl (C=O) groups excluding carboxylic acids is 1. The summed E-state index contributed by atoms with van der Waals surface area (Å²) in [4.78, 5) is 30.1. The Balaban J connectivity index is 1.88. The molecule has 0 spiro atoms. The molecule has 9 heteroatoms. The predicted molar refractivity (Wildman–Crippen MR) is 117 cm³/mol. The predicted octanol–water partition coefficient (Wildman–Crippen LogP) is 4.31. The van der Waals surface area contributed by atoms with Crippen LogP contribution in [0.1, 0.15) is 19.4 Å². The second-order valence-electron chi connectivity index (χ2n) is 6.35. The molecule has 1 fully saturated rings. The van der Waals surface area contributed by atoms with E-state index < -0.39 is 12.6 Å². The highest BCUT2D eigenvalue weighted by Crippen LogP contribution is 2.35. The van der Waals surface area contributed by atoms with Gasteiger partial charge in [0.05, 0.1) is 17.2 Å². The first-order valence-electron chi connectivity index (χ1n) is 9.58. The number of likely N-dealkylation sites (N-methyl/N-ethyl adjacent to an activating group) is 1. The zero-order valence-electron chi connectivity index (χ0n) is 17.0. The van der Waals surface area contributed by atoms with Gasteiger partial charge in [0.1, 0.15) is 5.82 Å². The molecule has 1 aliphatic heterocycles. The van der Waals surface area contributed by atoms with E-state index >= 15 is 0 Å². The lowest BCUT2D eigenvalue weighted by atomic mass is 10.2. The number of halogens is 1. The van der Waals surface area contributed by atoms with Crippen LogP contribution in [0.3, 0.4) is 0 Å². The number of carbonyl (C=O) groups is 2. The standard InChI is InChI=1S/C22H21FN2O5S/c1-3-25-21(28)19(31-22(25)24-16-8-6-15(23)7-9-16)12-14-5-10-17(30-13-20(26)27)18(11-14)29-4-2/h5-12H,3-4,13H2,1-2H3,(H,26,27)/b19-12+,24-22?. The number of carboxylic acids is 1. The molecule has 1 heterocycles. The average molecular weight is 444 g/mol. The van der Waals surface area contributed by atoms with Crippen LogP contribution >= 0.6 is 11.8 Å². The molecule has 7 nitrogen and oxygen atoms in total. The molecule has 0 bridgehead atoms. The van der Waals surface area contributed by atoms with Crippen molar-refractivity contribution in [1.29, 1.82) is 0 Å². The first kappa shape index (κ1) is 22.4. The number of hydrogen-bond acceptors (Lipinski definition) is 6. The van der Waals surface area contributed by atoms with E-state index in [2.05, 4.69) is 4.99 Å². The Labute approximate surface area is 183 Å². The summed E-state index contributed by atoms with van der Waals surface area (Å²) in [5, 5.41) is 9.32. The van der Waals surface area contributed by atoms with Gasteiger partial charge >= 0.3 is 5.97 Å². The number of ether oxygens (including phenoxy) is 2. The summed E-state index contributed by atoms with van der Waals surface area (Å²) in [5.74, 6) is -0.925. The first-order valence-corrected chi connectivity index (χ1v) is 10.4. The Hall–Kier alpha value is -3.33. The van der Waals surface area contributed by atoms with Crippen molar-refractivity contribution in [3.8, 4) is 11.5 Å². The summed E-state index contributed by atoms with van der Waals surface area (Å²) in [5.41, 5.74) is 1.25. The maximum absolute atomic E-state index is 13.1. The number of amides is 1. The minimum absolute atomic E-state index is 0.183. The van der Waals surface area contributed by atoms with E-state index in [0.717, 1.165) is 0 Å². The molecule has 3 rings (SSSR count). The molecule has 0 aliphatic carbocycles. The maximum atomic E-state index is 13.1. The molecule has 0 atom stereocenters. The Bertz CT molecular complexity index is 1040. The summed E-state index contributed by atoms with van der Waals surface area (Å²) in [6.07, 6.45) is 1.71. The molecular weight excluding hydrogens is 423 g/mol. The molecule has 1 saturated heterocycles. The van der Waals surface area contributed by atoms with Crippen molar-refractivity contribution in [2.45, 2.75) is 13.8 Å². The molecule has 0 aromatic heterocycles. The van der Waals surface area contributed by atoms with Crippen LogP contribution in [0, 0.1) is 5.82 Å². The highest BCUT2D eigenvalue weighted by molar-refractivity contribution is 8.18. The molecule has 162 valence electrons. The maximum Gasteiger partial charge on any atom is 0.341 e. The van der Waals surface area contributed by atoms with Gasteiger partial charge in [0.25, 0.3) is 5.91 Å². The van der Waals surface area contributed by atoms with E-state index in [1.807, 2.05) is 6.92 Å². The third-order valence-corrected chi connectivity index (χ3v) is 5.18. The summed E-state index contributed by atoms with van der Waals surface area (Å²) < 4.78 is 23.9. The summed E-state index contributed by atoms with van der Waals surface area (Å²) in [6.45, 7) is 3.98. The quantitative estimate of drug-likeness (QED) is 0.611. The van der Waals surface area contributed by atoms with Crippen molar-refractivity contribution in [2.24, 2.45) is 4.99 Å². The number of amidine groups is 1. The van der Waals surface area contributed by atoms with Gasteiger partial charge in [-0.05, 0) is 73.6 Å². The smallest absolute Gasteiger partial charge is 0.341 e. The molecular formula is C22H21FN2O5S. The molecule has 0 unspecified atom stereocenters. The SMILES string of the molecule is CCOc1cc(/C=C2/SC(=Nc3ccc(F)cc3)N(CC)C2=O)ccc1OCC(=O)O. The number of thioether (sulfide) groups is 1. The number of rotatable bonds is 8. The average Bonchev–Trinajstić information content (AvgIpc) is 3.03. The zero-order valence-corrected chi connectivity index (χ0v) is 17.8. The highest BCUT2D eigenvalue weighted by Gasteiger charge is 2.32. The Kier molecular flexibility index (Phi) is 7.30. The number of aliphatic carboxylic acids is 1. The number of nitrogens with zero attached hydrogens (tertiary/aromatic N) is 2. The minimum Gasteiger partial charge on any atom is -0.490 e. The van der Waals surface area contributed by atoms with Crippen LogP contribution in [0.2, 0.25) is 0 Å². The molecule has 1 N–H and O–H groups in total. The van der Waals surface area contributed by atoms with Gasteiger partial charge < -0.3 is 14.6 Å². The molecule has 31 heavy (non-hydrogen) atoms. The van der Waals surface area contributed by atoms with E-state index in [4.69, 9.17) is 14.6 Å². The van der Waals surface area contributed by atoms with E-state index in [-0.39, 0.29) is 11.7 Å². The highest BCUT2D eigenvalue weighted by atomic mass is 32.2. The van der Waals surface area contributed by atoms with Crippen LogP contribution in [0.5, 0.6) is 11.5 Å². The summed E-state index contributed by atoms with van der Waals surface area (Å²) >= 11 is 1.23. The van der Waals surface area contributed by atoms with Crippen LogP contribution in [-0.4, -0.2) is 46.8 Å². The van der Waals surface area contributed by atoms with E-state index in [1.165, 1.54) is 23.9 Å². The van der Waals surface area contributed by atoms with Crippen molar-refractivity contribution in [2.75, 3.05) is 19.8 Å². The normalized spacial score (nSPS) is 16.2. The number of hydrogen-bond donors (Lipinski definition) is 1. The van der Waals surface area contributed by atoms with Gasteiger partial charge in [-0.1, -0.05) is 6.07 Å². The topological polar surface area (TPSA) is 88.4 Å². The summed E-state index contributed by atoms with van der Waals surface area (Å²) in [6, 6.07) is 10.7. The molecule has 2 aromatic rings. The van der Waals surface area contributed by atoms with Gasteiger partial charge in [-0.3, -0.25) is 9.69 Å². The summed E-state index contributed by atoms with van der Waals surface area (Å²) in [7, 11) is 0. The van der Waals surface area contributed by atoms with Gasteiger partial charge in [0.15, 0.2) is 23.3 Å². The molecule has 1 aliphatic rings. The second kappa shape index (κ2) is 10.1. The van der Waals surface area contributed by atoms with Crippen LogP contribution < -0.4 is 9.47 Å². The largest absolute Gasteiger partial charge is 0.490 e. The number of aliphatic imine (C=N–C) groups is 1. The molecule has 1 amide bonds. The van der Waals surface area contributed by atoms with Crippen LogP contribution in [0.25, 0.3) is 6.08 Å². The van der Waals surface area contributed by atoms with Crippen molar-refractivity contribution < 1.29 is 28.6 Å². The second-order valence-corrected chi connectivity index (χ2v) is 7.36. The van der Waals surface area contributed by atoms with Crippen molar-refractivity contribution >= 4 is 40.6 Å². The van der Waals surface area contributed by atoms with Crippen molar-refractivity contribution in [3.05, 3.63) is 58.8 Å². The lowest BCUT2D eigenvalue weighted by Gasteiger charge is -2.12. The molecule has 0 radical (unpaired) electrons. The number of carboxylic acid groups (broad SMARTS) is 1. The van der Waals surface area contributed by atoms with Gasteiger partial charge in [-0.2, -0.15) is 0 Å². The Morgan fingerprint density at radius 1 is 1.16 bits per heavy atom. The zero-order chi connectivity index (χ0) is 22.4. The third kappa shape index (κ3) is 5.64. The van der Waals surface area contributed by atoms with Gasteiger partial charge in [-0.25, -0.2) is 14.2 Å². The van der Waals surface area contributed by atoms with E-state index in [0.29, 0.717) is 46.0 Å². The third-order valence-electron chi connectivity index (χ3n) is 4.17. The van der Waals surface area contributed by atoms with Crippen LogP contribution in [-0.2, 0) is 9.59 Å². The van der Waals surface area contributed by atoms with Crippen LogP contribution in [0.4, 0.5) is 10.1 Å². The Morgan fingerprint density at radius 3 is 2.55 bits per heavy atom. The Morgan fingerprint density at radius 2 is 1.90 bits per heavy atom. The lowest BCUT2D eigenvalue weighted by molar-refractivity contribution is -0.139. The number of benzene rings is 2. The van der Waals surface area contributed by atoms with Gasteiger partial charge in [0.2, 0.25) is 0 Å². The fourth-order valence-corrected chi connectivity index (χ4v) is 3.85. The van der Waals surface area contributed by atoms with Crippen LogP contribution in [0.15, 0.2) is 52.4 Å². The lowest BCUT2D eigenvalue weighted by Crippen LogP contribution is -2.28. The van der Waals surface area contributed by atoms with Crippen molar-refractivity contribution in [3.63, 3.8) is 0 Å². The molecule has 2 aromatic carbocycles. The van der Waals surface area contributed by atoms with E-state index in [9.17, 15) is 14.0 Å². The fourth-order valence-electron chi connectivity index (χ4n) is 2.79. The van der Waals surface area contributed by atoms with Gasteiger partial charge in [0, 0.05) is 6.54 Å². The van der Waals surface area contributed by atoms with Crippen molar-refractivity contribution in [1.82, 2.24) is 4.90 Å². The van der Waals surface area contributed by atoms with Gasteiger partial charge in [-0.15, -0.1) is 0 Å².